The van der Waals surface area contributed by atoms with Gasteiger partial charge in [-0.25, -0.2) is 4.98 Å². The number of nitrogens with one attached hydrogen (secondary N) is 3. The topological polar surface area (TPSA) is 99.8 Å². The molecule has 0 saturated heterocycles. The van der Waals surface area contributed by atoms with E-state index < -0.39 is 46.1 Å². The average molecular weight is 540 g/mol. The van der Waals surface area contributed by atoms with Crippen molar-refractivity contribution in [1.29, 1.82) is 0 Å². The number of rotatable bonds is 6. The summed E-state index contributed by atoms with van der Waals surface area (Å²) in [5, 5.41) is -0.753. The number of H-pyrrole nitrogens is 1. The van der Waals surface area contributed by atoms with Gasteiger partial charge in [-0.2, -0.15) is 26.3 Å². The first kappa shape index (κ1) is 26.3. The van der Waals surface area contributed by atoms with Crippen molar-refractivity contribution in [2.24, 2.45) is 0 Å². The third-order valence-corrected chi connectivity index (χ3v) is 5.27. The van der Waals surface area contributed by atoms with Crippen LogP contribution in [0, 0.1) is 0 Å². The number of carbonyl (C=O) groups is 2. The van der Waals surface area contributed by atoms with Crippen LogP contribution in [0.2, 0.25) is 10.0 Å². The Morgan fingerprint density at radius 3 is 2.06 bits per heavy atom. The van der Waals surface area contributed by atoms with Gasteiger partial charge in [-0.15, -0.1) is 0 Å². The molecule has 3 heterocycles. The lowest BCUT2D eigenvalue weighted by molar-refractivity contribution is -0.138. The average Bonchev–Trinajstić information content (AvgIpc) is 3.26. The van der Waals surface area contributed by atoms with E-state index in [4.69, 9.17) is 23.2 Å². The van der Waals surface area contributed by atoms with Gasteiger partial charge in [-0.3, -0.25) is 25.4 Å². The smallest absolute Gasteiger partial charge is 0.356 e. The number of aromatic nitrogens is 3. The van der Waals surface area contributed by atoms with E-state index in [-0.39, 0.29) is 27.8 Å². The molecule has 0 saturated carbocycles. The maximum absolute atomic E-state index is 12.8. The van der Waals surface area contributed by atoms with Crippen LogP contribution in [0.15, 0.2) is 36.8 Å². The largest absolute Gasteiger partial charge is 0.417 e. The lowest BCUT2D eigenvalue weighted by Gasteiger charge is -2.13. The van der Waals surface area contributed by atoms with Gasteiger partial charge in [0.1, 0.15) is 5.69 Å². The van der Waals surface area contributed by atoms with Crippen molar-refractivity contribution < 1.29 is 35.9 Å². The molecule has 0 unspecified atom stereocenters. The monoisotopic (exact) mass is 539 g/mol. The maximum Gasteiger partial charge on any atom is 0.417 e. The number of aromatic amines is 1. The summed E-state index contributed by atoms with van der Waals surface area (Å²) in [7, 11) is 0. The number of anilines is 1. The molecule has 1 atom stereocenters. The van der Waals surface area contributed by atoms with E-state index in [0.29, 0.717) is 24.5 Å². The molecule has 3 aromatic rings. The number of hydrogen-bond acceptors (Lipinski definition) is 5. The Labute approximate surface area is 202 Å². The minimum absolute atomic E-state index is 0.00565. The quantitative estimate of drug-likeness (QED) is 0.206. The van der Waals surface area contributed by atoms with Gasteiger partial charge in [-0.1, -0.05) is 23.2 Å². The molecule has 15 heteroatoms. The first-order valence-corrected chi connectivity index (χ1v) is 10.2. The van der Waals surface area contributed by atoms with Crippen molar-refractivity contribution in [3.05, 3.63) is 74.9 Å². The number of carbonyl (C=O) groups excluding carboxylic acids is 2. The van der Waals surface area contributed by atoms with Gasteiger partial charge >= 0.3 is 12.4 Å². The SMILES string of the molecule is C[C@H](C(=O)c1c[nH]c(C(=O)NNc2ncc(C(F)(F)F)cc2Cl)c1)c1ncc(C(F)(F)F)cc1Cl. The van der Waals surface area contributed by atoms with E-state index in [1.807, 2.05) is 0 Å². The van der Waals surface area contributed by atoms with Gasteiger partial charge in [0.15, 0.2) is 11.6 Å². The van der Waals surface area contributed by atoms with Crippen LogP contribution in [-0.4, -0.2) is 26.6 Å². The zero-order valence-corrected chi connectivity index (χ0v) is 18.8. The molecule has 3 aromatic heterocycles. The lowest BCUT2D eigenvalue weighted by atomic mass is 9.97. The zero-order valence-electron chi connectivity index (χ0n) is 17.3. The highest BCUT2D eigenvalue weighted by Gasteiger charge is 2.33. The fourth-order valence-corrected chi connectivity index (χ4v) is 3.38. The molecule has 1 amide bonds. The molecule has 3 rings (SSSR count). The first-order chi connectivity index (χ1) is 16.2. The third-order valence-electron chi connectivity index (χ3n) is 4.68. The molecule has 0 radical (unpaired) electrons. The maximum atomic E-state index is 12.8. The van der Waals surface area contributed by atoms with E-state index in [0.717, 1.165) is 6.07 Å². The number of pyridine rings is 2. The fourth-order valence-electron chi connectivity index (χ4n) is 2.83. The minimum atomic E-state index is -4.65. The van der Waals surface area contributed by atoms with Crippen LogP contribution >= 0.6 is 23.2 Å². The van der Waals surface area contributed by atoms with Gasteiger partial charge in [0.2, 0.25) is 0 Å². The molecular weight excluding hydrogens is 527 g/mol. The number of halogens is 8. The molecule has 0 aromatic carbocycles. The summed E-state index contributed by atoms with van der Waals surface area (Å²) in [6.07, 6.45) is -7.03. The summed E-state index contributed by atoms with van der Waals surface area (Å²) in [6, 6.07) is 2.45. The van der Waals surface area contributed by atoms with E-state index in [1.54, 1.807) is 0 Å². The van der Waals surface area contributed by atoms with Crippen molar-refractivity contribution in [2.75, 3.05) is 5.43 Å². The van der Waals surface area contributed by atoms with Crippen LogP contribution in [0.3, 0.4) is 0 Å². The summed E-state index contributed by atoms with van der Waals surface area (Å²) < 4.78 is 76.4. The van der Waals surface area contributed by atoms with Crippen LogP contribution in [-0.2, 0) is 12.4 Å². The number of Topliss-reactive ketones (excluding diaryl/α,β-unsaturated/α-hetero) is 1. The van der Waals surface area contributed by atoms with Gasteiger partial charge < -0.3 is 4.98 Å². The van der Waals surface area contributed by atoms with Crippen molar-refractivity contribution >= 4 is 40.7 Å². The highest BCUT2D eigenvalue weighted by molar-refractivity contribution is 6.33. The van der Waals surface area contributed by atoms with E-state index in [9.17, 15) is 35.9 Å². The van der Waals surface area contributed by atoms with Crippen LogP contribution < -0.4 is 10.9 Å². The normalized spacial score (nSPS) is 12.8. The molecule has 0 aliphatic carbocycles. The second kappa shape index (κ2) is 9.74. The Bertz CT molecular complexity index is 1280. The number of hydrogen-bond donors (Lipinski definition) is 3. The summed E-state index contributed by atoms with van der Waals surface area (Å²) in [5.41, 5.74) is 2.08. The molecule has 3 N–H and O–H groups in total. The van der Waals surface area contributed by atoms with E-state index in [2.05, 4.69) is 25.8 Å². The van der Waals surface area contributed by atoms with Gasteiger partial charge in [-0.05, 0) is 25.1 Å². The number of hydrazine groups is 1. The summed E-state index contributed by atoms with van der Waals surface area (Å²) in [4.78, 5) is 34.8. The Morgan fingerprint density at radius 2 is 1.51 bits per heavy atom. The summed E-state index contributed by atoms with van der Waals surface area (Å²) >= 11 is 11.6. The fraction of sp³-hybridized carbons (Fsp3) is 0.200. The number of amides is 1. The Hall–Kier alpha value is -3.32. The molecule has 186 valence electrons. The molecular formula is C20H13Cl2F6N5O2. The number of alkyl halides is 6. The van der Waals surface area contributed by atoms with Crippen LogP contribution in [0.25, 0.3) is 0 Å². The minimum Gasteiger partial charge on any atom is -0.356 e. The third kappa shape index (κ3) is 6.03. The molecule has 0 bridgehead atoms. The lowest BCUT2D eigenvalue weighted by Crippen LogP contribution is -2.30. The van der Waals surface area contributed by atoms with Crippen LogP contribution in [0.1, 0.15) is 50.5 Å². The van der Waals surface area contributed by atoms with Crippen LogP contribution in [0.5, 0.6) is 0 Å². The highest BCUT2D eigenvalue weighted by atomic mass is 35.5. The standard InChI is InChI=1S/C20H13Cl2F6N5O2/c1-8(15-12(21)3-10(6-30-15)19(23,24)25)16(34)9-2-14(29-5-9)18(35)33-32-17-13(22)4-11(7-31-17)20(26,27)28/h2-8,29H,1H3,(H,31,32)(H,33,35)/t8-/m0/s1. The molecule has 35 heavy (non-hydrogen) atoms. The first-order valence-electron chi connectivity index (χ1n) is 9.43. The van der Waals surface area contributed by atoms with Crippen molar-refractivity contribution in [3.8, 4) is 0 Å². The molecule has 0 aliphatic heterocycles. The van der Waals surface area contributed by atoms with E-state index in [1.165, 1.54) is 13.1 Å². The highest BCUT2D eigenvalue weighted by Crippen LogP contribution is 2.34. The Balaban J connectivity index is 1.68. The molecule has 0 fully saturated rings. The Morgan fingerprint density at radius 1 is 0.943 bits per heavy atom. The molecule has 0 spiro atoms. The summed E-state index contributed by atoms with van der Waals surface area (Å²) in [5.74, 6) is -2.70. The number of ketones is 1. The summed E-state index contributed by atoms with van der Waals surface area (Å²) in [6.45, 7) is 1.39. The van der Waals surface area contributed by atoms with Crippen LogP contribution in [0.4, 0.5) is 32.2 Å². The van der Waals surface area contributed by atoms with Gasteiger partial charge in [0, 0.05) is 24.2 Å². The van der Waals surface area contributed by atoms with Crippen molar-refractivity contribution in [2.45, 2.75) is 25.2 Å². The second-order valence-corrected chi connectivity index (χ2v) is 7.92. The zero-order chi connectivity index (χ0) is 26.1. The van der Waals surface area contributed by atoms with Gasteiger partial charge in [0.25, 0.3) is 5.91 Å². The predicted octanol–water partition coefficient (Wildman–Crippen LogP) is 5.89. The molecule has 7 nitrogen and oxygen atoms in total. The van der Waals surface area contributed by atoms with E-state index >= 15 is 0 Å². The van der Waals surface area contributed by atoms with Gasteiger partial charge in [0.05, 0.1) is 32.8 Å². The number of nitrogens with zero attached hydrogens (tertiary/aromatic N) is 2. The van der Waals surface area contributed by atoms with Crippen molar-refractivity contribution in [1.82, 2.24) is 20.4 Å². The van der Waals surface area contributed by atoms with Crippen molar-refractivity contribution in [3.63, 3.8) is 0 Å². The second-order valence-electron chi connectivity index (χ2n) is 7.11. The Kier molecular flexibility index (Phi) is 7.31. The molecule has 0 aliphatic rings. The predicted molar refractivity (Wildman–Crippen MR) is 113 cm³/mol.